The second-order valence-electron chi connectivity index (χ2n) is 9.84. The molecule has 12 nitrogen and oxygen atoms in total. The van der Waals surface area contributed by atoms with E-state index in [9.17, 15) is 22.8 Å². The molecule has 2 heterocycles. The summed E-state index contributed by atoms with van der Waals surface area (Å²) in [6, 6.07) is 1.33. The number of anilines is 1. The highest BCUT2D eigenvalue weighted by molar-refractivity contribution is 7.86. The van der Waals surface area contributed by atoms with Crippen molar-refractivity contribution in [3.63, 3.8) is 0 Å². The number of nitrogens with zero attached hydrogens (tertiary/aromatic N) is 2. The molecule has 0 aromatic carbocycles. The van der Waals surface area contributed by atoms with Crippen LogP contribution in [0.25, 0.3) is 0 Å². The number of rotatable bonds is 6. The van der Waals surface area contributed by atoms with Crippen LogP contribution in [0.1, 0.15) is 47.8 Å². The van der Waals surface area contributed by atoms with Gasteiger partial charge in [0.15, 0.2) is 12.3 Å². The Kier molecular flexibility index (Phi) is 7.61. The number of ether oxygens (including phenoxy) is 3. The summed E-state index contributed by atoms with van der Waals surface area (Å²) in [6.45, 7) is 9.33. The van der Waals surface area contributed by atoms with Gasteiger partial charge in [-0.2, -0.15) is 13.4 Å². The van der Waals surface area contributed by atoms with E-state index in [1.165, 1.54) is 12.3 Å². The minimum atomic E-state index is -4.07. The van der Waals surface area contributed by atoms with Crippen molar-refractivity contribution in [2.75, 3.05) is 18.6 Å². The molecule has 1 aliphatic heterocycles. The van der Waals surface area contributed by atoms with Crippen molar-refractivity contribution in [3.8, 4) is 0 Å². The van der Waals surface area contributed by atoms with E-state index in [2.05, 4.69) is 4.98 Å². The molecule has 186 valence electrons. The predicted octanol–water partition coefficient (Wildman–Crippen LogP) is 0.615. The van der Waals surface area contributed by atoms with Gasteiger partial charge >= 0.3 is 17.6 Å². The molecule has 1 fully saturated rings. The molecule has 2 N–H and O–H groups in total. The van der Waals surface area contributed by atoms with Crippen LogP contribution >= 0.6 is 0 Å². The van der Waals surface area contributed by atoms with Crippen LogP contribution in [0.4, 0.5) is 5.82 Å². The minimum absolute atomic E-state index is 0.0444. The maximum absolute atomic E-state index is 12.7. The van der Waals surface area contributed by atoms with Gasteiger partial charge in [-0.05, 0) is 47.6 Å². The van der Waals surface area contributed by atoms with E-state index in [1.807, 2.05) is 0 Å². The minimum Gasteiger partial charge on any atom is -0.462 e. The van der Waals surface area contributed by atoms with Crippen LogP contribution in [-0.4, -0.2) is 61.1 Å². The van der Waals surface area contributed by atoms with Gasteiger partial charge in [-0.15, -0.1) is 0 Å². The number of carbonyl (C=O) groups is 2. The normalized spacial score (nSPS) is 23.8. The number of aromatic nitrogens is 2. The van der Waals surface area contributed by atoms with Crippen molar-refractivity contribution in [1.29, 1.82) is 0 Å². The molecule has 0 amide bonds. The molecule has 4 atom stereocenters. The largest absolute Gasteiger partial charge is 0.462 e. The number of nitrogens with two attached hydrogens (primary N) is 1. The van der Waals surface area contributed by atoms with Crippen molar-refractivity contribution in [2.24, 2.45) is 10.8 Å². The van der Waals surface area contributed by atoms with Crippen LogP contribution < -0.4 is 11.4 Å². The average Bonchev–Trinajstić information content (AvgIpc) is 2.93. The van der Waals surface area contributed by atoms with Crippen LogP contribution in [0.5, 0.6) is 0 Å². The monoisotopic (exact) mass is 489 g/mol. The van der Waals surface area contributed by atoms with Gasteiger partial charge in [-0.1, -0.05) is 0 Å². The lowest BCUT2D eigenvalue weighted by Crippen LogP contribution is -2.44. The highest BCUT2D eigenvalue weighted by Crippen LogP contribution is 2.36. The zero-order chi connectivity index (χ0) is 25.4. The summed E-state index contributed by atoms with van der Waals surface area (Å²) in [5.74, 6) is -1.30. The summed E-state index contributed by atoms with van der Waals surface area (Å²) in [5.41, 5.74) is 2.94. The van der Waals surface area contributed by atoms with E-state index in [1.54, 1.807) is 41.5 Å². The number of hydrogen-bond acceptors (Lipinski definition) is 11. The lowest BCUT2D eigenvalue weighted by Gasteiger charge is -2.27. The van der Waals surface area contributed by atoms with Crippen LogP contribution in [0.3, 0.4) is 0 Å². The summed E-state index contributed by atoms with van der Waals surface area (Å²) in [6.07, 6.45) is -3.20. The molecule has 0 bridgehead atoms. The lowest BCUT2D eigenvalue weighted by atomic mass is 9.97. The fourth-order valence-corrected chi connectivity index (χ4v) is 3.44. The van der Waals surface area contributed by atoms with Gasteiger partial charge in [0.25, 0.3) is 10.1 Å². The second kappa shape index (κ2) is 9.39. The average molecular weight is 490 g/mol. The molecule has 0 spiro atoms. The molecule has 33 heavy (non-hydrogen) atoms. The van der Waals surface area contributed by atoms with Crippen LogP contribution in [-0.2, 0) is 38.1 Å². The van der Waals surface area contributed by atoms with E-state index in [4.69, 9.17) is 24.1 Å². The highest BCUT2D eigenvalue weighted by atomic mass is 32.2. The van der Waals surface area contributed by atoms with Gasteiger partial charge in [0.2, 0.25) is 0 Å². The smallest absolute Gasteiger partial charge is 0.351 e. The Balaban J connectivity index is 2.50. The third kappa shape index (κ3) is 6.98. The molecule has 0 aliphatic carbocycles. The van der Waals surface area contributed by atoms with Crippen molar-refractivity contribution in [1.82, 2.24) is 9.55 Å². The summed E-state index contributed by atoms with van der Waals surface area (Å²) >= 11 is 0. The fourth-order valence-electron chi connectivity index (χ4n) is 2.80. The van der Waals surface area contributed by atoms with E-state index in [0.717, 1.165) is 10.8 Å². The Hall–Kier alpha value is -2.51. The molecular formula is C20H31N3O9S. The van der Waals surface area contributed by atoms with E-state index < -0.39 is 69.7 Å². The first-order valence-electron chi connectivity index (χ1n) is 10.2. The van der Waals surface area contributed by atoms with Crippen molar-refractivity contribution < 1.29 is 36.4 Å². The van der Waals surface area contributed by atoms with Gasteiger partial charge in [0.1, 0.15) is 24.6 Å². The Morgan fingerprint density at radius 1 is 1.12 bits per heavy atom. The van der Waals surface area contributed by atoms with E-state index in [-0.39, 0.29) is 5.82 Å². The Morgan fingerprint density at radius 3 is 2.18 bits per heavy atom. The van der Waals surface area contributed by atoms with Gasteiger partial charge in [-0.3, -0.25) is 18.3 Å². The standard InChI is InChI=1S/C20H31N3O9S/c1-19(2,3)16(24)29-10-11-13(32-33(7,27)28)14(31-17(25)20(4,5)6)15(30-11)23-9-8-12(21)22-18(23)26/h8-9,11,13-15H,10H2,1-7H3,(H2,21,22,26)/t11-,13?,14?,15-/m1/s1. The number of carbonyl (C=O) groups excluding carboxylic acids is 2. The SMILES string of the molecule is CC(C)(C)C(=O)OC[C@H]1O[C@@H](n2ccc(N)nc2=O)C(OC(=O)C(C)(C)C)C1OS(C)(=O)=O. The summed E-state index contributed by atoms with van der Waals surface area (Å²) < 4.78 is 46.9. The van der Waals surface area contributed by atoms with E-state index >= 15 is 0 Å². The van der Waals surface area contributed by atoms with Crippen LogP contribution in [0, 0.1) is 10.8 Å². The van der Waals surface area contributed by atoms with Crippen molar-refractivity contribution in [3.05, 3.63) is 22.7 Å². The zero-order valence-electron chi connectivity index (χ0n) is 19.7. The Morgan fingerprint density at radius 2 is 1.70 bits per heavy atom. The number of esters is 2. The van der Waals surface area contributed by atoms with Gasteiger partial charge < -0.3 is 19.9 Å². The van der Waals surface area contributed by atoms with Crippen molar-refractivity contribution in [2.45, 2.75) is 66.1 Å². The summed E-state index contributed by atoms with van der Waals surface area (Å²) in [5, 5.41) is 0. The van der Waals surface area contributed by atoms with Gasteiger partial charge in [0.05, 0.1) is 17.1 Å². The number of hydrogen-bond donors (Lipinski definition) is 1. The maximum Gasteiger partial charge on any atom is 0.351 e. The molecule has 1 aromatic rings. The van der Waals surface area contributed by atoms with Crippen LogP contribution in [0.2, 0.25) is 0 Å². The Labute approximate surface area is 192 Å². The Bertz CT molecular complexity index is 1050. The molecule has 2 unspecified atom stereocenters. The van der Waals surface area contributed by atoms with Gasteiger partial charge in [0, 0.05) is 6.20 Å². The molecule has 0 radical (unpaired) electrons. The summed E-state index contributed by atoms with van der Waals surface area (Å²) in [7, 11) is -4.07. The molecule has 13 heteroatoms. The van der Waals surface area contributed by atoms with E-state index in [0.29, 0.717) is 0 Å². The maximum atomic E-state index is 12.7. The lowest BCUT2D eigenvalue weighted by molar-refractivity contribution is -0.167. The number of nitrogen functional groups attached to an aromatic ring is 1. The topological polar surface area (TPSA) is 166 Å². The second-order valence-corrected chi connectivity index (χ2v) is 11.4. The zero-order valence-corrected chi connectivity index (χ0v) is 20.5. The molecular weight excluding hydrogens is 458 g/mol. The highest BCUT2D eigenvalue weighted by Gasteiger charge is 2.52. The molecule has 1 aromatic heterocycles. The van der Waals surface area contributed by atoms with Crippen molar-refractivity contribution >= 4 is 27.9 Å². The molecule has 0 saturated carbocycles. The predicted molar refractivity (Wildman–Crippen MR) is 116 cm³/mol. The summed E-state index contributed by atoms with van der Waals surface area (Å²) in [4.78, 5) is 41.0. The molecule has 1 saturated heterocycles. The first kappa shape index (κ1) is 26.7. The van der Waals surface area contributed by atoms with Crippen LogP contribution in [0.15, 0.2) is 17.1 Å². The van der Waals surface area contributed by atoms with Gasteiger partial charge in [-0.25, -0.2) is 4.79 Å². The molecule has 1 aliphatic rings. The quantitative estimate of drug-likeness (QED) is 0.439. The first-order valence-corrected chi connectivity index (χ1v) is 12.0. The fraction of sp³-hybridized carbons (Fsp3) is 0.700. The third-order valence-electron chi connectivity index (χ3n) is 4.54. The third-order valence-corrected chi connectivity index (χ3v) is 5.12. The first-order chi connectivity index (χ1) is 14.9. The molecule has 2 rings (SSSR count).